The zero-order valence-electron chi connectivity index (χ0n) is 16.2. The van der Waals surface area contributed by atoms with Gasteiger partial charge in [-0.2, -0.15) is 0 Å². The molecule has 0 bridgehead atoms. The van der Waals surface area contributed by atoms with Crippen LogP contribution < -0.4 is 5.32 Å². The Kier molecular flexibility index (Phi) is 7.53. The Morgan fingerprint density at radius 1 is 1.29 bits per heavy atom. The van der Waals surface area contributed by atoms with Gasteiger partial charge < -0.3 is 10.1 Å². The summed E-state index contributed by atoms with van der Waals surface area (Å²) in [4.78, 5) is 28.1. The van der Waals surface area contributed by atoms with Crippen molar-refractivity contribution in [1.29, 1.82) is 0 Å². The van der Waals surface area contributed by atoms with Gasteiger partial charge >= 0.3 is 5.97 Å². The number of aromatic nitrogens is 4. The first-order valence-electron chi connectivity index (χ1n) is 9.95. The molecule has 0 atom stereocenters. The van der Waals surface area contributed by atoms with Crippen LogP contribution >= 0.6 is 11.3 Å². The van der Waals surface area contributed by atoms with Gasteiger partial charge in [0.25, 0.3) is 5.91 Å². The Labute approximate surface area is 168 Å². The minimum Gasteiger partial charge on any atom is -0.461 e. The lowest BCUT2D eigenvalue weighted by Crippen LogP contribution is -2.26. The maximum atomic E-state index is 12.2. The number of hydrogen-bond acceptors (Lipinski definition) is 7. The van der Waals surface area contributed by atoms with E-state index < -0.39 is 5.97 Å². The van der Waals surface area contributed by atoms with Crippen molar-refractivity contribution in [2.75, 3.05) is 13.2 Å². The molecule has 9 heteroatoms. The molecule has 1 aliphatic carbocycles. The molecule has 1 saturated carbocycles. The first kappa shape index (κ1) is 20.4. The van der Waals surface area contributed by atoms with E-state index in [1.165, 1.54) is 43.4 Å². The van der Waals surface area contributed by atoms with E-state index in [1.54, 1.807) is 23.2 Å². The Hall–Kier alpha value is -2.29. The molecule has 152 valence electrons. The van der Waals surface area contributed by atoms with E-state index in [-0.39, 0.29) is 5.91 Å². The molecule has 3 rings (SSSR count). The fourth-order valence-corrected chi connectivity index (χ4v) is 4.17. The maximum Gasteiger partial charge on any atom is 0.357 e. The minimum absolute atomic E-state index is 0.244. The third-order valence-corrected chi connectivity index (χ3v) is 5.83. The Balaban J connectivity index is 1.40. The van der Waals surface area contributed by atoms with Crippen LogP contribution in [0.5, 0.6) is 0 Å². The molecule has 1 fully saturated rings. The van der Waals surface area contributed by atoms with E-state index >= 15 is 0 Å². The highest BCUT2D eigenvalue weighted by Crippen LogP contribution is 2.26. The normalized spacial score (nSPS) is 14.8. The van der Waals surface area contributed by atoms with Crippen molar-refractivity contribution >= 4 is 23.2 Å². The first-order valence-corrected chi connectivity index (χ1v) is 10.8. The molecule has 0 spiro atoms. The lowest BCUT2D eigenvalue weighted by atomic mass is 9.87. The predicted molar refractivity (Wildman–Crippen MR) is 105 cm³/mol. The van der Waals surface area contributed by atoms with Crippen molar-refractivity contribution in [3.8, 4) is 0 Å². The highest BCUT2D eigenvalue weighted by Gasteiger charge is 2.15. The molecule has 0 radical (unpaired) electrons. The van der Waals surface area contributed by atoms with Gasteiger partial charge in [-0.3, -0.25) is 9.48 Å². The summed E-state index contributed by atoms with van der Waals surface area (Å²) in [6.07, 6.45) is 9.97. The van der Waals surface area contributed by atoms with Gasteiger partial charge in [-0.1, -0.05) is 37.3 Å². The van der Waals surface area contributed by atoms with Gasteiger partial charge in [0.05, 0.1) is 17.8 Å². The van der Waals surface area contributed by atoms with Crippen molar-refractivity contribution in [3.63, 3.8) is 0 Å². The van der Waals surface area contributed by atoms with Gasteiger partial charge in [-0.25, -0.2) is 9.78 Å². The van der Waals surface area contributed by atoms with Crippen LogP contribution in [0, 0.1) is 5.92 Å². The van der Waals surface area contributed by atoms with Gasteiger partial charge in [0.2, 0.25) is 0 Å². The topological polar surface area (TPSA) is 99.0 Å². The monoisotopic (exact) mass is 405 g/mol. The third-order valence-electron chi connectivity index (χ3n) is 4.92. The van der Waals surface area contributed by atoms with Crippen LogP contribution in [0.25, 0.3) is 0 Å². The zero-order chi connectivity index (χ0) is 19.8. The fraction of sp³-hybridized carbons (Fsp3) is 0.632. The summed E-state index contributed by atoms with van der Waals surface area (Å²) in [5.74, 6) is 0.109. The number of rotatable bonds is 9. The third kappa shape index (κ3) is 5.85. The molecule has 28 heavy (non-hydrogen) atoms. The van der Waals surface area contributed by atoms with Gasteiger partial charge in [0.1, 0.15) is 0 Å². The molecule has 0 saturated heterocycles. The van der Waals surface area contributed by atoms with Crippen LogP contribution in [0.15, 0.2) is 11.6 Å². The van der Waals surface area contributed by atoms with E-state index in [2.05, 4.69) is 20.6 Å². The number of thiazole rings is 1. The number of ether oxygens (including phenoxy) is 1. The lowest BCUT2D eigenvalue weighted by molar-refractivity contribution is 0.0520. The highest BCUT2D eigenvalue weighted by molar-refractivity contribution is 7.09. The lowest BCUT2D eigenvalue weighted by Gasteiger charge is -2.20. The van der Waals surface area contributed by atoms with E-state index in [4.69, 9.17) is 4.74 Å². The quantitative estimate of drug-likeness (QED) is 0.644. The number of hydrogen-bond donors (Lipinski definition) is 1. The SMILES string of the molecule is CCOC(=O)c1csc(CCNC(=O)c2cn(CCC3CCCCC3)nn2)n1. The number of carbonyl (C=O) groups excluding carboxylic acids is 2. The van der Waals surface area contributed by atoms with Crippen LogP contribution in [0.1, 0.15) is 71.4 Å². The van der Waals surface area contributed by atoms with Crippen molar-refractivity contribution in [2.45, 2.75) is 58.4 Å². The van der Waals surface area contributed by atoms with E-state index in [9.17, 15) is 9.59 Å². The highest BCUT2D eigenvalue weighted by atomic mass is 32.1. The number of nitrogens with one attached hydrogen (secondary N) is 1. The van der Waals surface area contributed by atoms with Crippen molar-refractivity contribution in [2.24, 2.45) is 5.92 Å². The van der Waals surface area contributed by atoms with Crippen LogP contribution in [-0.2, 0) is 17.7 Å². The number of nitrogens with zero attached hydrogens (tertiary/aromatic N) is 4. The van der Waals surface area contributed by atoms with Crippen molar-refractivity contribution in [1.82, 2.24) is 25.3 Å². The molecule has 1 amide bonds. The van der Waals surface area contributed by atoms with Gasteiger partial charge in [0, 0.05) is 24.9 Å². The molecule has 2 aromatic rings. The molecule has 0 aliphatic heterocycles. The number of amides is 1. The van der Waals surface area contributed by atoms with E-state index in [0.717, 1.165) is 23.9 Å². The molecule has 2 heterocycles. The average Bonchev–Trinajstić information content (AvgIpc) is 3.37. The molecule has 1 N–H and O–H groups in total. The smallest absolute Gasteiger partial charge is 0.357 e. The standard InChI is InChI=1S/C19H27N5O3S/c1-2-27-19(26)16-13-28-17(21-16)8-10-20-18(25)15-12-24(23-22-15)11-9-14-6-4-3-5-7-14/h12-14H,2-11H2,1H3,(H,20,25). The maximum absolute atomic E-state index is 12.2. The van der Waals surface area contributed by atoms with Crippen LogP contribution in [0.2, 0.25) is 0 Å². The summed E-state index contributed by atoms with van der Waals surface area (Å²) in [7, 11) is 0. The first-order chi connectivity index (χ1) is 13.7. The summed E-state index contributed by atoms with van der Waals surface area (Å²) < 4.78 is 6.68. The van der Waals surface area contributed by atoms with Gasteiger partial charge in [-0.15, -0.1) is 16.4 Å². The minimum atomic E-state index is -0.418. The molecule has 2 aromatic heterocycles. The van der Waals surface area contributed by atoms with Crippen molar-refractivity contribution < 1.29 is 14.3 Å². The molecule has 0 aromatic carbocycles. The van der Waals surface area contributed by atoms with Crippen molar-refractivity contribution in [3.05, 3.63) is 28.0 Å². The Bertz CT molecular complexity index is 782. The number of aryl methyl sites for hydroxylation is 1. The summed E-state index contributed by atoms with van der Waals surface area (Å²) in [5, 5.41) is 13.3. The average molecular weight is 406 g/mol. The number of esters is 1. The van der Waals surface area contributed by atoms with Gasteiger partial charge in [0.15, 0.2) is 11.4 Å². The largest absolute Gasteiger partial charge is 0.461 e. The van der Waals surface area contributed by atoms with Crippen LogP contribution in [0.3, 0.4) is 0 Å². The second-order valence-corrected chi connectivity index (χ2v) is 7.96. The predicted octanol–water partition coefficient (Wildman–Crippen LogP) is 2.85. The number of carbonyl (C=O) groups is 2. The van der Waals surface area contributed by atoms with Crippen LogP contribution in [-0.4, -0.2) is 45.0 Å². The molecule has 8 nitrogen and oxygen atoms in total. The summed E-state index contributed by atoms with van der Waals surface area (Å²) in [6.45, 7) is 3.31. The molecular weight excluding hydrogens is 378 g/mol. The van der Waals surface area contributed by atoms with Gasteiger partial charge in [-0.05, 0) is 19.3 Å². The Morgan fingerprint density at radius 2 is 2.11 bits per heavy atom. The fourth-order valence-electron chi connectivity index (χ4n) is 3.40. The van der Waals surface area contributed by atoms with Crippen LogP contribution in [0.4, 0.5) is 0 Å². The Morgan fingerprint density at radius 3 is 2.89 bits per heavy atom. The van der Waals surface area contributed by atoms with E-state index in [0.29, 0.717) is 31.0 Å². The second kappa shape index (κ2) is 10.3. The molecule has 0 unspecified atom stereocenters. The summed E-state index contributed by atoms with van der Waals surface area (Å²) in [6, 6.07) is 0. The summed E-state index contributed by atoms with van der Waals surface area (Å²) in [5.41, 5.74) is 0.643. The zero-order valence-corrected chi connectivity index (χ0v) is 17.0. The summed E-state index contributed by atoms with van der Waals surface area (Å²) >= 11 is 1.38. The molecule has 1 aliphatic rings. The molecular formula is C19H27N5O3S. The van der Waals surface area contributed by atoms with E-state index in [1.807, 2.05) is 0 Å². The second-order valence-electron chi connectivity index (χ2n) is 7.01.